The van der Waals surface area contributed by atoms with Crippen molar-refractivity contribution in [1.29, 1.82) is 0 Å². The first kappa shape index (κ1) is 17.3. The molecule has 0 aliphatic rings. The summed E-state index contributed by atoms with van der Waals surface area (Å²) in [6.07, 6.45) is 0.518. The molecular weight excluding hydrogens is 331 g/mol. The maximum absolute atomic E-state index is 13.1. The van der Waals surface area contributed by atoms with E-state index in [-0.39, 0.29) is 28.6 Å². The van der Waals surface area contributed by atoms with Crippen LogP contribution in [-0.2, 0) is 20.0 Å². The molecule has 0 spiro atoms. The minimum atomic E-state index is -3.88. The molecule has 10 heteroatoms. The third-order valence-corrected chi connectivity index (χ3v) is 4.81. The normalized spacial score (nSPS) is 12.6. The van der Waals surface area contributed by atoms with Gasteiger partial charge in [-0.15, -0.1) is 0 Å². The number of benzene rings is 1. The maximum Gasteiger partial charge on any atom is 0.240 e. The van der Waals surface area contributed by atoms with Crippen molar-refractivity contribution in [3.63, 3.8) is 0 Å². The smallest absolute Gasteiger partial charge is 0.229 e. The van der Waals surface area contributed by atoms with Crippen molar-refractivity contribution >= 4 is 31.6 Å². The molecule has 0 bridgehead atoms. The molecule has 0 unspecified atom stereocenters. The van der Waals surface area contributed by atoms with Gasteiger partial charge in [-0.2, -0.15) is 0 Å². The van der Waals surface area contributed by atoms with Crippen LogP contribution in [0, 0.1) is 5.82 Å². The zero-order chi connectivity index (χ0) is 15.4. The zero-order valence-corrected chi connectivity index (χ0v) is 12.7. The quantitative estimate of drug-likeness (QED) is 0.714. The Hall–Kier alpha value is -0.740. The Morgan fingerprint density at radius 2 is 1.80 bits per heavy atom. The summed E-state index contributed by atoms with van der Waals surface area (Å²) in [6, 6.07) is 2.96. The van der Waals surface area contributed by atoms with E-state index in [1.165, 1.54) is 0 Å². The van der Waals surface area contributed by atoms with Crippen LogP contribution in [0.2, 0.25) is 5.02 Å². The second-order valence-corrected chi connectivity index (χ2v) is 8.01. The fraction of sp³-hybridized carbons (Fsp3) is 0.400. The fourth-order valence-corrected chi connectivity index (χ4v) is 3.42. The van der Waals surface area contributed by atoms with E-state index < -0.39 is 25.9 Å². The number of hydrogen-bond acceptors (Lipinski definition) is 4. The summed E-state index contributed by atoms with van der Waals surface area (Å²) in [6.45, 7) is 0.0198. The topological polar surface area (TPSA) is 106 Å². The van der Waals surface area contributed by atoms with Crippen molar-refractivity contribution in [1.82, 2.24) is 4.72 Å². The Bertz CT molecular complexity index is 656. The van der Waals surface area contributed by atoms with Gasteiger partial charge in [-0.3, -0.25) is 0 Å². The first-order valence-corrected chi connectivity index (χ1v) is 9.14. The first-order chi connectivity index (χ1) is 9.10. The van der Waals surface area contributed by atoms with Gasteiger partial charge in [-0.25, -0.2) is 31.1 Å². The van der Waals surface area contributed by atoms with Gasteiger partial charge in [-0.05, 0) is 31.0 Å². The molecule has 0 amide bonds. The summed E-state index contributed by atoms with van der Waals surface area (Å²) in [7, 11) is -7.42. The molecule has 1 rings (SSSR count). The van der Waals surface area contributed by atoms with E-state index in [4.69, 9.17) is 16.7 Å². The molecule has 20 heavy (non-hydrogen) atoms. The molecule has 0 radical (unpaired) electrons. The van der Waals surface area contributed by atoms with Crippen molar-refractivity contribution in [2.24, 2.45) is 5.14 Å². The Balaban J connectivity index is 2.58. The third-order valence-electron chi connectivity index (χ3n) is 2.29. The Morgan fingerprint density at radius 1 is 1.15 bits per heavy atom. The number of nitrogens with two attached hydrogens (primary N) is 1. The monoisotopic (exact) mass is 344 g/mol. The summed E-state index contributed by atoms with van der Waals surface area (Å²) < 4.78 is 60.3. The average molecular weight is 345 g/mol. The highest BCUT2D eigenvalue weighted by Crippen LogP contribution is 2.17. The van der Waals surface area contributed by atoms with E-state index in [1.807, 2.05) is 0 Å². The van der Waals surface area contributed by atoms with Crippen LogP contribution in [0.25, 0.3) is 0 Å². The number of rotatable bonds is 7. The molecule has 0 fully saturated rings. The van der Waals surface area contributed by atoms with E-state index >= 15 is 0 Å². The zero-order valence-electron chi connectivity index (χ0n) is 10.3. The van der Waals surface area contributed by atoms with Gasteiger partial charge < -0.3 is 0 Å². The Morgan fingerprint density at radius 3 is 2.35 bits per heavy atom. The standard InChI is InChI=1S/C10H14ClFN2O4S2/c11-8-5-9(12)7-10(6-8)20(17,18)14-3-1-2-4-19(13,15)16/h5-7,14H,1-4H2,(H2,13,15,16). The van der Waals surface area contributed by atoms with Gasteiger partial charge in [0.15, 0.2) is 0 Å². The summed E-state index contributed by atoms with van der Waals surface area (Å²) in [5, 5.41) is 4.78. The molecule has 3 N–H and O–H groups in total. The molecule has 1 aromatic carbocycles. The van der Waals surface area contributed by atoms with Crippen LogP contribution in [-0.4, -0.2) is 29.1 Å². The third kappa shape index (κ3) is 6.14. The number of sulfonamides is 2. The molecule has 0 saturated carbocycles. The molecule has 0 aliphatic heterocycles. The van der Waals surface area contributed by atoms with Gasteiger partial charge in [0, 0.05) is 11.6 Å². The molecule has 6 nitrogen and oxygen atoms in total. The van der Waals surface area contributed by atoms with Crippen LogP contribution in [0.4, 0.5) is 4.39 Å². The van der Waals surface area contributed by atoms with Crippen molar-refractivity contribution in [3.8, 4) is 0 Å². The van der Waals surface area contributed by atoms with Crippen molar-refractivity contribution < 1.29 is 21.2 Å². The molecule has 0 aromatic heterocycles. The number of hydrogen-bond donors (Lipinski definition) is 2. The van der Waals surface area contributed by atoms with E-state index in [9.17, 15) is 21.2 Å². The lowest BCUT2D eigenvalue weighted by atomic mass is 10.3. The van der Waals surface area contributed by atoms with Crippen LogP contribution in [0.5, 0.6) is 0 Å². The predicted molar refractivity (Wildman–Crippen MR) is 73.8 cm³/mol. The Kier molecular flexibility index (Phi) is 5.90. The van der Waals surface area contributed by atoms with E-state index in [0.29, 0.717) is 6.42 Å². The number of halogens is 2. The lowest BCUT2D eigenvalue weighted by molar-refractivity contribution is 0.573. The van der Waals surface area contributed by atoms with Crippen LogP contribution in [0.15, 0.2) is 23.1 Å². The molecule has 1 aromatic rings. The highest BCUT2D eigenvalue weighted by molar-refractivity contribution is 7.89. The average Bonchev–Trinajstić information content (AvgIpc) is 2.25. The van der Waals surface area contributed by atoms with Crippen LogP contribution in [0.1, 0.15) is 12.8 Å². The molecule has 0 atom stereocenters. The maximum atomic E-state index is 13.1. The van der Waals surface area contributed by atoms with E-state index in [2.05, 4.69) is 4.72 Å². The van der Waals surface area contributed by atoms with Gasteiger partial charge in [0.1, 0.15) is 5.82 Å². The van der Waals surface area contributed by atoms with Gasteiger partial charge >= 0.3 is 0 Å². The summed E-state index contributed by atoms with van der Waals surface area (Å²) in [4.78, 5) is -0.283. The summed E-state index contributed by atoms with van der Waals surface area (Å²) >= 11 is 5.58. The van der Waals surface area contributed by atoms with Gasteiger partial charge in [0.05, 0.1) is 10.6 Å². The highest BCUT2D eigenvalue weighted by atomic mass is 35.5. The van der Waals surface area contributed by atoms with Gasteiger partial charge in [-0.1, -0.05) is 11.6 Å². The van der Waals surface area contributed by atoms with Crippen molar-refractivity contribution in [2.45, 2.75) is 17.7 Å². The fourth-order valence-electron chi connectivity index (χ4n) is 1.40. The largest absolute Gasteiger partial charge is 0.240 e. The molecular formula is C10H14ClFN2O4S2. The number of primary sulfonamides is 1. The minimum Gasteiger partial charge on any atom is -0.229 e. The van der Waals surface area contributed by atoms with Crippen LogP contribution >= 0.6 is 11.6 Å². The highest BCUT2D eigenvalue weighted by Gasteiger charge is 2.15. The number of unbranched alkanes of at least 4 members (excludes halogenated alkanes) is 1. The second kappa shape index (κ2) is 6.81. The predicted octanol–water partition coefficient (Wildman–Crippen LogP) is 0.826. The second-order valence-electron chi connectivity index (χ2n) is 4.08. The minimum absolute atomic E-state index is 0.0198. The van der Waals surface area contributed by atoms with E-state index in [0.717, 1.165) is 18.2 Å². The van der Waals surface area contributed by atoms with Crippen LogP contribution in [0.3, 0.4) is 0 Å². The summed E-state index contributed by atoms with van der Waals surface area (Å²) in [5.74, 6) is -0.979. The van der Waals surface area contributed by atoms with Gasteiger partial charge in [0.25, 0.3) is 0 Å². The summed E-state index contributed by atoms with van der Waals surface area (Å²) in [5.41, 5.74) is 0. The Labute approximate surface area is 122 Å². The van der Waals surface area contributed by atoms with Crippen molar-refractivity contribution in [2.75, 3.05) is 12.3 Å². The molecule has 0 aliphatic carbocycles. The molecule has 114 valence electrons. The van der Waals surface area contributed by atoms with Gasteiger partial charge in [0.2, 0.25) is 20.0 Å². The van der Waals surface area contributed by atoms with Crippen molar-refractivity contribution in [3.05, 3.63) is 29.0 Å². The lowest BCUT2D eigenvalue weighted by Crippen LogP contribution is -2.25. The lowest BCUT2D eigenvalue weighted by Gasteiger charge is -2.07. The molecule has 0 heterocycles. The number of nitrogens with one attached hydrogen (secondary N) is 1. The first-order valence-electron chi connectivity index (χ1n) is 5.56. The van der Waals surface area contributed by atoms with E-state index in [1.54, 1.807) is 0 Å². The van der Waals surface area contributed by atoms with Crippen LogP contribution < -0.4 is 9.86 Å². The SMILES string of the molecule is NS(=O)(=O)CCCCNS(=O)(=O)c1cc(F)cc(Cl)c1. The molecule has 0 saturated heterocycles.